The van der Waals surface area contributed by atoms with Crippen molar-refractivity contribution < 1.29 is 28.7 Å². The number of carbonyl (C=O) groups excluding carboxylic acids is 2. The number of hydroxylamine groups is 1. The van der Waals surface area contributed by atoms with Gasteiger partial charge in [0.25, 0.3) is 11.8 Å². The lowest BCUT2D eigenvalue weighted by molar-refractivity contribution is -0.153. The molecule has 2 aliphatic rings. The first kappa shape index (κ1) is 17.6. The van der Waals surface area contributed by atoms with Crippen molar-refractivity contribution in [3.63, 3.8) is 0 Å². The van der Waals surface area contributed by atoms with Crippen LogP contribution in [0.2, 0.25) is 0 Å². The summed E-state index contributed by atoms with van der Waals surface area (Å²) in [5.74, 6) is -0.749. The van der Waals surface area contributed by atoms with E-state index < -0.39 is 17.5 Å². The first-order chi connectivity index (χ1) is 11.9. The highest BCUT2D eigenvalue weighted by atomic mass is 19.1. The van der Waals surface area contributed by atoms with Gasteiger partial charge in [-0.2, -0.15) is 0 Å². The second kappa shape index (κ2) is 6.97. The van der Waals surface area contributed by atoms with E-state index in [1.54, 1.807) is 18.5 Å². The fourth-order valence-electron chi connectivity index (χ4n) is 3.10. The molecule has 0 radical (unpaired) electrons. The van der Waals surface area contributed by atoms with E-state index in [9.17, 15) is 9.59 Å². The average Bonchev–Trinajstić information content (AvgIpc) is 2.79. The molecule has 1 aromatic rings. The van der Waals surface area contributed by atoms with Crippen LogP contribution in [-0.2, 0) is 16.1 Å². The van der Waals surface area contributed by atoms with Crippen LogP contribution in [0.5, 0.6) is 5.75 Å². The summed E-state index contributed by atoms with van der Waals surface area (Å²) in [5.41, 5.74) is 0.577. The Morgan fingerprint density at radius 3 is 2.76 bits per heavy atom. The molecule has 1 aromatic carbocycles. The molecule has 2 aliphatic heterocycles. The highest BCUT2D eigenvalue weighted by Crippen LogP contribution is 2.32. The molecule has 25 heavy (non-hydrogen) atoms. The summed E-state index contributed by atoms with van der Waals surface area (Å²) in [7, 11) is 0. The largest absolute Gasteiger partial charge is 0.491 e. The standard InChI is InChI=1S/C17H21FN2O5/c1-11-10-25-14-8-12(15(21)19-23)2-3-13(14)9-20(11)16(22)17(18)4-6-24-7-5-17/h2-3,8,11,23H,4-7,9-10H2,1H3,(H,19,21). The van der Waals surface area contributed by atoms with Crippen molar-refractivity contribution in [3.05, 3.63) is 29.3 Å². The van der Waals surface area contributed by atoms with Crippen LogP contribution in [0, 0.1) is 0 Å². The molecular weight excluding hydrogens is 331 g/mol. The second-order valence-corrected chi connectivity index (χ2v) is 6.43. The van der Waals surface area contributed by atoms with Crippen molar-refractivity contribution in [2.45, 2.75) is 38.0 Å². The summed E-state index contributed by atoms with van der Waals surface area (Å²) in [6, 6.07) is 4.35. The van der Waals surface area contributed by atoms with Gasteiger partial charge < -0.3 is 14.4 Å². The van der Waals surface area contributed by atoms with E-state index in [0.717, 1.165) is 0 Å². The number of hydrogen-bond donors (Lipinski definition) is 2. The molecule has 0 spiro atoms. The Bertz CT molecular complexity index is 675. The Morgan fingerprint density at radius 2 is 2.08 bits per heavy atom. The average molecular weight is 352 g/mol. The third kappa shape index (κ3) is 3.45. The van der Waals surface area contributed by atoms with E-state index in [0.29, 0.717) is 11.3 Å². The predicted octanol–water partition coefficient (Wildman–Crippen LogP) is 1.43. The molecule has 1 saturated heterocycles. The Labute approximate surface area is 144 Å². The summed E-state index contributed by atoms with van der Waals surface area (Å²) in [6.45, 7) is 2.65. The number of alkyl halides is 1. The van der Waals surface area contributed by atoms with Crippen molar-refractivity contribution in [2.24, 2.45) is 0 Å². The molecule has 136 valence electrons. The number of amides is 2. The fourth-order valence-corrected chi connectivity index (χ4v) is 3.10. The maximum Gasteiger partial charge on any atom is 0.274 e. The third-order valence-corrected chi connectivity index (χ3v) is 4.71. The highest BCUT2D eigenvalue weighted by molar-refractivity contribution is 5.94. The van der Waals surface area contributed by atoms with Crippen LogP contribution in [0.3, 0.4) is 0 Å². The van der Waals surface area contributed by atoms with E-state index in [2.05, 4.69) is 0 Å². The molecule has 0 aromatic heterocycles. The molecule has 1 unspecified atom stereocenters. The van der Waals surface area contributed by atoms with Gasteiger partial charge in [-0.05, 0) is 19.1 Å². The third-order valence-electron chi connectivity index (χ3n) is 4.71. The minimum absolute atomic E-state index is 0.0539. The zero-order valence-electron chi connectivity index (χ0n) is 14.0. The number of carbonyl (C=O) groups is 2. The van der Waals surface area contributed by atoms with Crippen LogP contribution in [0.4, 0.5) is 4.39 Å². The lowest BCUT2D eigenvalue weighted by atomic mass is 9.94. The van der Waals surface area contributed by atoms with Crippen molar-refractivity contribution >= 4 is 11.8 Å². The van der Waals surface area contributed by atoms with Gasteiger partial charge in [0, 0.05) is 30.5 Å². The summed E-state index contributed by atoms with van der Waals surface area (Å²) < 4.78 is 25.9. The van der Waals surface area contributed by atoms with E-state index in [4.69, 9.17) is 14.7 Å². The Hall–Kier alpha value is -2.19. The number of ether oxygens (including phenoxy) is 2. The van der Waals surface area contributed by atoms with Gasteiger partial charge >= 0.3 is 0 Å². The lowest BCUT2D eigenvalue weighted by Gasteiger charge is -2.35. The molecule has 0 saturated carbocycles. The van der Waals surface area contributed by atoms with Crippen molar-refractivity contribution in [1.82, 2.24) is 10.4 Å². The smallest absolute Gasteiger partial charge is 0.274 e. The summed E-state index contributed by atoms with van der Waals surface area (Å²) in [5, 5.41) is 8.73. The van der Waals surface area contributed by atoms with Gasteiger partial charge in [0.2, 0.25) is 0 Å². The first-order valence-corrected chi connectivity index (χ1v) is 8.22. The van der Waals surface area contributed by atoms with Crippen LogP contribution in [-0.4, -0.2) is 53.5 Å². The maximum absolute atomic E-state index is 15.1. The van der Waals surface area contributed by atoms with Gasteiger partial charge in [-0.1, -0.05) is 6.07 Å². The summed E-state index contributed by atoms with van der Waals surface area (Å²) in [6.07, 6.45) is 0.108. The number of nitrogens with one attached hydrogen (secondary N) is 1. The normalized spacial score (nSPS) is 22.4. The van der Waals surface area contributed by atoms with Crippen LogP contribution in [0.1, 0.15) is 35.7 Å². The molecule has 1 atom stereocenters. The van der Waals surface area contributed by atoms with Gasteiger partial charge in [-0.15, -0.1) is 0 Å². The van der Waals surface area contributed by atoms with E-state index >= 15 is 4.39 Å². The van der Waals surface area contributed by atoms with E-state index in [1.807, 2.05) is 0 Å². The highest BCUT2D eigenvalue weighted by Gasteiger charge is 2.44. The van der Waals surface area contributed by atoms with Gasteiger partial charge in [-0.3, -0.25) is 14.8 Å². The zero-order valence-corrected chi connectivity index (χ0v) is 14.0. The lowest BCUT2D eigenvalue weighted by Crippen LogP contribution is -2.52. The van der Waals surface area contributed by atoms with Crippen LogP contribution in [0.25, 0.3) is 0 Å². The number of halogens is 1. The molecule has 2 heterocycles. The molecule has 0 aliphatic carbocycles. The molecule has 1 fully saturated rings. The SMILES string of the molecule is CC1COc2cc(C(=O)NO)ccc2CN1C(=O)C1(F)CCOCC1. The minimum atomic E-state index is -1.91. The van der Waals surface area contributed by atoms with E-state index in [-0.39, 0.29) is 50.8 Å². The van der Waals surface area contributed by atoms with Crippen LogP contribution < -0.4 is 10.2 Å². The van der Waals surface area contributed by atoms with Crippen LogP contribution in [0.15, 0.2) is 18.2 Å². The molecular formula is C17H21FN2O5. The monoisotopic (exact) mass is 352 g/mol. The Kier molecular flexibility index (Phi) is 4.91. The first-order valence-electron chi connectivity index (χ1n) is 8.22. The van der Waals surface area contributed by atoms with Gasteiger partial charge in [0.15, 0.2) is 5.67 Å². The molecule has 8 heteroatoms. The second-order valence-electron chi connectivity index (χ2n) is 6.43. The number of hydrogen-bond acceptors (Lipinski definition) is 5. The quantitative estimate of drug-likeness (QED) is 0.621. The topological polar surface area (TPSA) is 88.1 Å². The Balaban J connectivity index is 1.85. The number of rotatable bonds is 2. The fraction of sp³-hybridized carbons (Fsp3) is 0.529. The molecule has 3 rings (SSSR count). The molecule has 0 bridgehead atoms. The molecule has 2 amide bonds. The summed E-state index contributed by atoms with van der Waals surface area (Å²) in [4.78, 5) is 25.8. The molecule has 7 nitrogen and oxygen atoms in total. The zero-order chi connectivity index (χ0) is 18.0. The number of fused-ring (bicyclic) bond motifs is 1. The predicted molar refractivity (Wildman–Crippen MR) is 85.1 cm³/mol. The minimum Gasteiger partial charge on any atom is -0.491 e. The van der Waals surface area contributed by atoms with Gasteiger partial charge in [0.1, 0.15) is 12.4 Å². The maximum atomic E-state index is 15.1. The van der Waals surface area contributed by atoms with Crippen molar-refractivity contribution in [3.8, 4) is 5.75 Å². The number of nitrogens with zero attached hydrogens (tertiary/aromatic N) is 1. The van der Waals surface area contributed by atoms with E-state index in [1.165, 1.54) is 17.0 Å². The van der Waals surface area contributed by atoms with Crippen molar-refractivity contribution in [2.75, 3.05) is 19.8 Å². The molecule has 2 N–H and O–H groups in total. The summed E-state index contributed by atoms with van der Waals surface area (Å²) >= 11 is 0. The Morgan fingerprint density at radius 1 is 1.36 bits per heavy atom. The van der Waals surface area contributed by atoms with Gasteiger partial charge in [-0.25, -0.2) is 9.87 Å². The van der Waals surface area contributed by atoms with Gasteiger partial charge in [0.05, 0.1) is 19.3 Å². The van der Waals surface area contributed by atoms with Crippen LogP contribution >= 0.6 is 0 Å². The van der Waals surface area contributed by atoms with Crippen molar-refractivity contribution in [1.29, 1.82) is 0 Å². The number of benzene rings is 1.